The number of rotatable bonds is 6. The number of hydrogen-bond acceptors (Lipinski definition) is 1. The van der Waals surface area contributed by atoms with Crippen LogP contribution in [-0.2, 0) is 18.5 Å². The molecule has 5 nitrogen and oxygen atoms in total. The molecule has 0 saturated heterocycles. The molecule has 14 heteroatoms. The molecule has 0 spiro atoms. The van der Waals surface area contributed by atoms with Crippen molar-refractivity contribution in [2.24, 2.45) is 0 Å². The first-order valence-corrected chi connectivity index (χ1v) is 32.8. The lowest BCUT2D eigenvalue weighted by Crippen LogP contribution is -2.15. The number of nitrogens with zero attached hydrogens (tertiary/aromatic N) is 5. The summed E-state index contributed by atoms with van der Waals surface area (Å²) in [6.45, 7) is 19.2. The molecule has 0 radical (unpaired) electrons. The number of fused-ring (bicyclic) bond motifs is 12. The number of aromatic nitrogens is 4. The molecule has 0 aliphatic rings. The zero-order chi connectivity index (χ0) is 70.5. The Labute approximate surface area is 570 Å². The average Bonchev–Trinajstić information content (AvgIpc) is 1.53. The number of hydrogen-bond donors (Lipinski definition) is 0. The largest absolute Gasteiger partial charge is 0.417 e. The molecule has 0 N–H and O–H groups in total. The maximum Gasteiger partial charge on any atom is 0.417 e. The zero-order valence-corrected chi connectivity index (χ0v) is 56.3. The minimum Gasteiger partial charge on any atom is -0.307 e. The topological polar surface area (TPSA) is 43.5 Å². The molecule has 0 atom stereocenters. The summed E-state index contributed by atoms with van der Waals surface area (Å²) in [5.74, 6) is 0. The molecule has 12 aromatic carbocycles. The van der Waals surface area contributed by atoms with Crippen molar-refractivity contribution in [1.29, 1.82) is 5.26 Å². The number of benzene rings is 12. The van der Waals surface area contributed by atoms with E-state index in [1.54, 1.807) is 25.1 Å². The highest BCUT2D eigenvalue weighted by molar-refractivity contribution is 6.14. The highest BCUT2D eigenvalue weighted by atomic mass is 19.4. The first-order valence-electron chi connectivity index (χ1n) is 32.8. The van der Waals surface area contributed by atoms with Crippen molar-refractivity contribution in [3.05, 3.63) is 284 Å². The van der Waals surface area contributed by atoms with E-state index in [1.165, 1.54) is 31.2 Å². The van der Waals surface area contributed by atoms with Crippen LogP contribution in [-0.4, -0.2) is 18.3 Å². The molecule has 0 aliphatic heterocycles. The predicted molar refractivity (Wildman–Crippen MR) is 388 cm³/mol. The van der Waals surface area contributed by atoms with Crippen LogP contribution in [0.1, 0.15) is 77.9 Å². The summed E-state index contributed by atoms with van der Waals surface area (Å²) in [6, 6.07) is 64.6. The lowest BCUT2D eigenvalue weighted by molar-refractivity contribution is -0.139. The Morgan fingerprint density at radius 2 is 0.490 bits per heavy atom. The number of halogens is 9. The molecule has 4 heterocycles. The number of alkyl halides is 9. The van der Waals surface area contributed by atoms with E-state index in [2.05, 4.69) is 116 Å². The summed E-state index contributed by atoms with van der Waals surface area (Å²) in [7, 11) is 0. The van der Waals surface area contributed by atoms with E-state index in [4.69, 9.17) is 0 Å². The minimum absolute atomic E-state index is 0.0141. The minimum atomic E-state index is -4.99. The molecule has 16 rings (SSSR count). The molecule has 0 bridgehead atoms. The van der Waals surface area contributed by atoms with E-state index in [0.29, 0.717) is 33.7 Å². The molecule has 0 saturated carbocycles. The fourth-order valence-electron chi connectivity index (χ4n) is 15.2. The van der Waals surface area contributed by atoms with Crippen LogP contribution in [0.15, 0.2) is 206 Å². The van der Waals surface area contributed by atoms with E-state index in [0.717, 1.165) is 139 Å². The van der Waals surface area contributed by atoms with Crippen LogP contribution in [0.2, 0.25) is 0 Å². The van der Waals surface area contributed by atoms with Crippen LogP contribution < -0.4 is 0 Å². The van der Waals surface area contributed by atoms with Gasteiger partial charge in [0.2, 0.25) is 0 Å². The van der Waals surface area contributed by atoms with Gasteiger partial charge in [-0.05, 0) is 231 Å². The van der Waals surface area contributed by atoms with Crippen LogP contribution in [0.4, 0.5) is 39.5 Å². The maximum absolute atomic E-state index is 15.4. The van der Waals surface area contributed by atoms with Crippen molar-refractivity contribution in [2.45, 2.75) is 87.8 Å². The third-order valence-corrected chi connectivity index (χ3v) is 19.6. The molecule has 4 aromatic heterocycles. The Balaban J connectivity index is 0.000000163. The molecule has 0 unspecified atom stereocenters. The van der Waals surface area contributed by atoms with E-state index in [9.17, 15) is 31.6 Å². The third-order valence-electron chi connectivity index (χ3n) is 19.6. The van der Waals surface area contributed by atoms with Gasteiger partial charge < -0.3 is 18.3 Å². The van der Waals surface area contributed by atoms with Crippen LogP contribution in [0, 0.1) is 80.6 Å². The second kappa shape index (κ2) is 23.4. The summed E-state index contributed by atoms with van der Waals surface area (Å²) in [6.07, 6.45) is -14.5. The highest BCUT2D eigenvalue weighted by Gasteiger charge is 2.41. The van der Waals surface area contributed by atoms with Gasteiger partial charge in [0, 0.05) is 48.7 Å². The van der Waals surface area contributed by atoms with Crippen molar-refractivity contribution in [2.75, 3.05) is 0 Å². The summed E-state index contributed by atoms with van der Waals surface area (Å²) < 4.78 is 142. The highest BCUT2D eigenvalue weighted by Crippen LogP contribution is 2.50. The molecule has 496 valence electrons. The van der Waals surface area contributed by atoms with Crippen molar-refractivity contribution in [1.82, 2.24) is 18.3 Å². The SMILES string of the molecule is Cc1ccc2c(c1)c1cc(C)ccc1n2-c1cc(-c2c(C)cccc2C(F)(F)F)c(C(F)(F)F)cc1-n1c2ccc(C)cc2c2cc(C)ccc21.Cc1ccc2c(c1)c1cc(C)ccc1n2-c1cc(C#N)c(-c2c(C)cccc2C(F)(F)F)cc1-n1c2ccc(C)cc2c2cc(C)ccc21. The van der Waals surface area contributed by atoms with Crippen LogP contribution in [0.25, 0.3) is 132 Å². The van der Waals surface area contributed by atoms with Gasteiger partial charge in [-0.25, -0.2) is 0 Å². The first kappa shape index (κ1) is 64.7. The molecule has 100 heavy (non-hydrogen) atoms. The monoisotopic (exact) mass is 1340 g/mol. The predicted octanol–water partition coefficient (Wildman–Crippen LogP) is 25.1. The average molecular weight is 1340 g/mol. The molecular weight excluding hydrogens is 1270 g/mol. The van der Waals surface area contributed by atoms with Crippen LogP contribution >= 0.6 is 0 Å². The number of nitriles is 1. The maximum atomic E-state index is 15.4. The molecule has 0 fully saturated rings. The van der Waals surface area contributed by atoms with Gasteiger partial charge in [0.05, 0.1) is 95.2 Å². The third kappa shape index (κ3) is 10.6. The van der Waals surface area contributed by atoms with Gasteiger partial charge in [-0.15, -0.1) is 0 Å². The van der Waals surface area contributed by atoms with Gasteiger partial charge in [-0.3, -0.25) is 0 Å². The summed E-state index contributed by atoms with van der Waals surface area (Å²) in [5.41, 5.74) is 13.8. The van der Waals surface area contributed by atoms with Crippen molar-refractivity contribution < 1.29 is 39.5 Å². The van der Waals surface area contributed by atoms with E-state index >= 15 is 13.2 Å². The van der Waals surface area contributed by atoms with Gasteiger partial charge in [-0.1, -0.05) is 117 Å². The van der Waals surface area contributed by atoms with Gasteiger partial charge in [0.25, 0.3) is 0 Å². The smallest absolute Gasteiger partial charge is 0.307 e. The number of aryl methyl sites for hydroxylation is 10. The van der Waals surface area contributed by atoms with Crippen molar-refractivity contribution >= 4 is 87.2 Å². The summed E-state index contributed by atoms with van der Waals surface area (Å²) >= 11 is 0. The normalized spacial score (nSPS) is 12.3. The Bertz CT molecular complexity index is 5950. The van der Waals surface area contributed by atoms with Gasteiger partial charge in [-0.2, -0.15) is 44.8 Å². The van der Waals surface area contributed by atoms with Gasteiger partial charge >= 0.3 is 18.5 Å². The Kier molecular flexibility index (Phi) is 15.2. The standard InChI is InChI=1S/C43H32F6N2.C43H32F3N3/c1-23-9-13-35-28(17-23)29-18-24(2)10-14-36(29)50(35)39-21-32(41-27(5)7-6-8-33(41)42(44,45)46)34(43(47,48)49)22-40(39)51-37-15-11-25(3)19-30(37)31-20-26(4)12-16-38(31)51;1-24-9-13-36-31(17-24)32-18-25(2)10-14-37(32)48(36)40-21-29(23-47)30(42-28(5)7-6-8-35(42)43(44,45)46)22-41(40)49-38-15-11-26(3)19-33(38)34-20-27(4)12-16-39(34)49/h6-22H,1-5H3;6-22H,1-5H3. The quantitative estimate of drug-likeness (QED) is 0.153. The second-order valence-corrected chi connectivity index (χ2v) is 26.9. The lowest BCUT2D eigenvalue weighted by Gasteiger charge is -2.24. The van der Waals surface area contributed by atoms with E-state index in [1.807, 2.05) is 110 Å². The Morgan fingerprint density at radius 3 is 0.740 bits per heavy atom. The summed E-state index contributed by atoms with van der Waals surface area (Å²) in [4.78, 5) is 0. The van der Waals surface area contributed by atoms with Crippen LogP contribution in [0.5, 0.6) is 0 Å². The van der Waals surface area contributed by atoms with Crippen molar-refractivity contribution in [3.63, 3.8) is 0 Å². The van der Waals surface area contributed by atoms with Gasteiger partial charge in [0.15, 0.2) is 0 Å². The van der Waals surface area contributed by atoms with E-state index < -0.39 is 46.3 Å². The molecule has 0 aliphatic carbocycles. The first-order chi connectivity index (χ1) is 47.6. The molecule has 0 amide bonds. The zero-order valence-electron chi connectivity index (χ0n) is 56.3. The second-order valence-electron chi connectivity index (χ2n) is 26.9. The summed E-state index contributed by atoms with van der Waals surface area (Å²) in [5, 5.41) is 18.4. The van der Waals surface area contributed by atoms with E-state index in [-0.39, 0.29) is 27.9 Å². The Morgan fingerprint density at radius 1 is 0.260 bits per heavy atom. The van der Waals surface area contributed by atoms with Crippen molar-refractivity contribution in [3.8, 4) is 51.1 Å². The van der Waals surface area contributed by atoms with Gasteiger partial charge in [0.1, 0.15) is 0 Å². The fourth-order valence-corrected chi connectivity index (χ4v) is 15.2. The molecule has 16 aromatic rings. The van der Waals surface area contributed by atoms with Crippen LogP contribution in [0.3, 0.4) is 0 Å². The lowest BCUT2D eigenvalue weighted by atomic mass is 9.90. The Hall–Kier alpha value is -11.3. The molecular formula is C86H64F9N5. The fraction of sp³-hybridized carbons (Fsp3) is 0.151.